The number of hydrogen-bond donors (Lipinski definition) is 4. The summed E-state index contributed by atoms with van der Waals surface area (Å²) in [5, 5.41) is 13.7. The number of nitrogen functional groups attached to an aromatic ring is 2. The van der Waals surface area contributed by atoms with Gasteiger partial charge in [0.05, 0.1) is 31.1 Å². The number of esters is 1. The molecule has 0 bridgehead atoms. The molecule has 15 nitrogen and oxygen atoms in total. The Hall–Kier alpha value is -2.40. The van der Waals surface area contributed by atoms with E-state index in [2.05, 4.69) is 31.2 Å². The van der Waals surface area contributed by atoms with Crippen LogP contribution in [0.1, 0.15) is 40.3 Å². The fourth-order valence-electron chi connectivity index (χ4n) is 4.33. The molecule has 4 heterocycles. The molecule has 1 amide bonds. The normalized spacial score (nSPS) is 31.4. The largest absolute Gasteiger partial charge is 0.475 e. The van der Waals surface area contributed by atoms with E-state index in [-0.39, 0.29) is 43.1 Å². The predicted octanol–water partition coefficient (Wildman–Crippen LogP) is 1.94. The van der Waals surface area contributed by atoms with Gasteiger partial charge in [0.25, 0.3) is 0 Å². The van der Waals surface area contributed by atoms with E-state index >= 15 is 4.39 Å². The molecule has 4 rings (SSSR count). The van der Waals surface area contributed by atoms with Gasteiger partial charge in [-0.1, -0.05) is 13.8 Å². The summed E-state index contributed by atoms with van der Waals surface area (Å²) in [7, 11) is -4.37. The summed E-state index contributed by atoms with van der Waals surface area (Å²) >= 11 is 2.89. The topological polar surface area (TPSA) is 212 Å². The van der Waals surface area contributed by atoms with Gasteiger partial charge >= 0.3 is 13.8 Å². The number of rotatable bonds is 9. The highest BCUT2D eigenvalue weighted by molar-refractivity contribution is 9.10. The Balaban J connectivity index is 1.42. The molecule has 2 aromatic heterocycles. The standard InChI is InChI=1S/C23H33BrFN6O9P/c1-11(2)38-14(32)5-7-28-19(34)16-22(3,4)10-37-41(35,40-16)36-9-13-15(33)23(24,25)20(39-13)31-8-6-12-17(26)29-21(27)30-18(12)31/h6,8,11,13,15-16,20,33H,5,7,9-10H2,1-4H3,(H,28,34)(H4,26,27,29,30)/t13-,15?,16+,20-,23-,41?/m1/s1. The van der Waals surface area contributed by atoms with Gasteiger partial charge in [-0.05, 0) is 35.8 Å². The first-order valence-electron chi connectivity index (χ1n) is 12.7. The predicted molar refractivity (Wildman–Crippen MR) is 146 cm³/mol. The van der Waals surface area contributed by atoms with Crippen molar-refractivity contribution in [3.63, 3.8) is 0 Å². The summed E-state index contributed by atoms with van der Waals surface area (Å²) in [4.78, 5) is 32.6. The summed E-state index contributed by atoms with van der Waals surface area (Å²) in [6, 6.07) is 1.54. The lowest BCUT2D eigenvalue weighted by molar-refractivity contribution is -0.147. The Morgan fingerprint density at radius 2 is 2.07 bits per heavy atom. The molecule has 6 atom stereocenters. The number of aliphatic hydroxyl groups is 1. The molecule has 41 heavy (non-hydrogen) atoms. The van der Waals surface area contributed by atoms with Crippen molar-refractivity contribution in [3.8, 4) is 0 Å². The highest BCUT2D eigenvalue weighted by Crippen LogP contribution is 2.58. The van der Waals surface area contributed by atoms with Gasteiger partial charge in [-0.3, -0.25) is 23.2 Å². The summed E-state index contributed by atoms with van der Waals surface area (Å²) in [6.07, 6.45) is -4.83. The fourth-order valence-corrected chi connectivity index (χ4v) is 6.61. The first-order valence-corrected chi connectivity index (χ1v) is 14.9. The monoisotopic (exact) mass is 666 g/mol. The van der Waals surface area contributed by atoms with Gasteiger partial charge in [-0.15, -0.1) is 0 Å². The third kappa shape index (κ3) is 6.66. The maximum absolute atomic E-state index is 15.7. The van der Waals surface area contributed by atoms with Crippen LogP contribution in [0, 0.1) is 5.41 Å². The zero-order valence-corrected chi connectivity index (χ0v) is 25.3. The van der Waals surface area contributed by atoms with Gasteiger partial charge in [0.15, 0.2) is 12.3 Å². The molecule has 2 fully saturated rings. The van der Waals surface area contributed by atoms with Gasteiger partial charge in [-0.25, -0.2) is 8.96 Å². The van der Waals surface area contributed by atoms with Crippen LogP contribution in [0.2, 0.25) is 0 Å². The number of alkyl halides is 2. The van der Waals surface area contributed by atoms with Crippen LogP contribution in [-0.4, -0.2) is 80.3 Å². The first kappa shape index (κ1) is 31.5. The molecular weight excluding hydrogens is 634 g/mol. The lowest BCUT2D eigenvalue weighted by Crippen LogP contribution is -2.50. The molecule has 2 aliphatic rings. The molecule has 0 saturated carbocycles. The number of carbonyl (C=O) groups is 2. The number of carbonyl (C=O) groups excluding carboxylic acids is 2. The fraction of sp³-hybridized carbons (Fsp3) is 0.652. The third-order valence-corrected chi connectivity index (χ3v) is 8.66. The average molecular weight is 667 g/mol. The van der Waals surface area contributed by atoms with Crippen LogP contribution >= 0.6 is 23.8 Å². The van der Waals surface area contributed by atoms with Crippen molar-refractivity contribution in [1.82, 2.24) is 19.9 Å². The number of amides is 1. The van der Waals surface area contributed by atoms with Crippen molar-refractivity contribution in [2.45, 2.75) is 69.3 Å². The number of phosphoric acid groups is 1. The van der Waals surface area contributed by atoms with Crippen LogP contribution in [0.5, 0.6) is 0 Å². The number of phosphoric ester groups is 1. The number of fused-ring (bicyclic) bond motifs is 1. The summed E-state index contributed by atoms with van der Waals surface area (Å²) in [6.45, 7) is 5.90. The first-order chi connectivity index (χ1) is 19.0. The van der Waals surface area contributed by atoms with Crippen LogP contribution in [0.3, 0.4) is 0 Å². The molecule has 228 valence electrons. The Labute approximate surface area is 243 Å². The second-order valence-electron chi connectivity index (χ2n) is 10.6. The van der Waals surface area contributed by atoms with Crippen molar-refractivity contribution >= 4 is 58.4 Å². The van der Waals surface area contributed by atoms with Gasteiger partial charge in [0.1, 0.15) is 23.7 Å². The summed E-state index contributed by atoms with van der Waals surface area (Å²) in [5.74, 6) is -1.20. The van der Waals surface area contributed by atoms with Crippen molar-refractivity contribution < 1.29 is 46.7 Å². The van der Waals surface area contributed by atoms with Crippen molar-refractivity contribution in [2.75, 3.05) is 31.2 Å². The molecule has 6 N–H and O–H groups in total. The van der Waals surface area contributed by atoms with E-state index in [9.17, 15) is 19.3 Å². The Kier molecular flexibility index (Phi) is 9.00. The van der Waals surface area contributed by atoms with Crippen LogP contribution in [0.4, 0.5) is 16.2 Å². The lowest BCUT2D eigenvalue weighted by Gasteiger charge is -2.39. The number of nitrogens with one attached hydrogen (secondary N) is 1. The molecule has 0 spiro atoms. The van der Waals surface area contributed by atoms with Crippen LogP contribution in [0.25, 0.3) is 11.0 Å². The minimum absolute atomic E-state index is 0.0318. The van der Waals surface area contributed by atoms with Gasteiger partial charge < -0.3 is 35.9 Å². The Bertz CT molecular complexity index is 1360. The highest BCUT2D eigenvalue weighted by Gasteiger charge is 2.58. The van der Waals surface area contributed by atoms with Crippen molar-refractivity contribution in [1.29, 1.82) is 0 Å². The zero-order chi connectivity index (χ0) is 30.3. The molecule has 18 heteroatoms. The number of aliphatic hydroxyl groups excluding tert-OH is 1. The van der Waals surface area contributed by atoms with Crippen LogP contribution in [-0.2, 0) is 37.2 Å². The number of hydrogen-bond acceptors (Lipinski definition) is 13. The number of halogens is 2. The quantitative estimate of drug-likeness (QED) is 0.171. The lowest BCUT2D eigenvalue weighted by atomic mass is 9.87. The van der Waals surface area contributed by atoms with E-state index in [0.717, 1.165) is 0 Å². The van der Waals surface area contributed by atoms with E-state index < -0.39 is 60.8 Å². The molecule has 0 radical (unpaired) electrons. The third-order valence-electron chi connectivity index (χ3n) is 6.42. The number of aromatic nitrogens is 3. The molecular formula is C23H33BrFN6O9P. The maximum Gasteiger partial charge on any atom is 0.475 e. The van der Waals surface area contributed by atoms with Crippen molar-refractivity contribution in [2.24, 2.45) is 5.41 Å². The minimum Gasteiger partial charge on any atom is -0.463 e. The molecule has 2 aliphatic heterocycles. The smallest absolute Gasteiger partial charge is 0.463 e. The van der Waals surface area contributed by atoms with E-state index in [1.807, 2.05) is 0 Å². The molecule has 2 saturated heterocycles. The molecule has 2 aromatic rings. The van der Waals surface area contributed by atoms with Gasteiger partial charge in [0.2, 0.25) is 16.4 Å². The number of nitrogens with two attached hydrogens (primary N) is 2. The summed E-state index contributed by atoms with van der Waals surface area (Å²) < 4.78 is 54.8. The minimum atomic E-state index is -4.37. The zero-order valence-electron chi connectivity index (χ0n) is 22.8. The van der Waals surface area contributed by atoms with Crippen molar-refractivity contribution in [3.05, 3.63) is 12.3 Å². The summed E-state index contributed by atoms with van der Waals surface area (Å²) in [5.41, 5.74) is 10.8. The van der Waals surface area contributed by atoms with E-state index in [0.29, 0.717) is 5.39 Å². The van der Waals surface area contributed by atoms with Gasteiger partial charge in [-0.2, -0.15) is 9.97 Å². The average Bonchev–Trinajstić information content (AvgIpc) is 3.37. The van der Waals surface area contributed by atoms with E-state index in [1.54, 1.807) is 27.7 Å². The number of nitrogens with zero attached hydrogens (tertiary/aromatic N) is 3. The van der Waals surface area contributed by atoms with Crippen LogP contribution in [0.15, 0.2) is 12.3 Å². The Morgan fingerprint density at radius 1 is 1.37 bits per heavy atom. The number of ether oxygens (including phenoxy) is 2. The van der Waals surface area contributed by atoms with Gasteiger partial charge in [0, 0.05) is 18.2 Å². The second kappa shape index (κ2) is 11.7. The maximum atomic E-state index is 15.7. The Morgan fingerprint density at radius 3 is 2.76 bits per heavy atom. The SMILES string of the molecule is CC(C)OC(=O)CCNC(=O)[C@@H]1OP(=O)(OC[C@H]2O[C@@H](n3ccc4c(N)nc(N)nc43)[C@@](F)(Br)C2O)OCC1(C)C. The van der Waals surface area contributed by atoms with E-state index in [4.69, 9.17) is 34.5 Å². The molecule has 0 aromatic carbocycles. The molecule has 2 unspecified atom stereocenters. The van der Waals surface area contributed by atoms with E-state index in [1.165, 1.54) is 16.8 Å². The molecule has 0 aliphatic carbocycles. The number of anilines is 2. The second-order valence-corrected chi connectivity index (χ2v) is 13.5. The van der Waals surface area contributed by atoms with Crippen LogP contribution < -0.4 is 16.8 Å². The highest BCUT2D eigenvalue weighted by atomic mass is 79.9.